The van der Waals surface area contributed by atoms with Crippen LogP contribution in [-0.4, -0.2) is 13.6 Å². The Morgan fingerprint density at radius 1 is 1.31 bits per heavy atom. The Bertz CT molecular complexity index is 405. The lowest BCUT2D eigenvalue weighted by atomic mass is 10.2. The summed E-state index contributed by atoms with van der Waals surface area (Å²) in [6, 6.07) is 8.09. The molecule has 0 aliphatic rings. The van der Waals surface area contributed by atoms with Gasteiger partial charge in [-0.1, -0.05) is 12.1 Å². The molecule has 0 unspecified atom stereocenters. The Balaban J connectivity index is 2.57. The fourth-order valence-corrected chi connectivity index (χ4v) is 1.43. The molecule has 2 aromatic rings. The summed E-state index contributed by atoms with van der Waals surface area (Å²) in [5, 5.41) is 1.19. The second-order valence-corrected chi connectivity index (χ2v) is 3.13. The Hall–Kier alpha value is -1.44. The third-order valence-electron chi connectivity index (χ3n) is 2.35. The van der Waals surface area contributed by atoms with E-state index in [0.29, 0.717) is 0 Å². The summed E-state index contributed by atoms with van der Waals surface area (Å²) >= 11 is 0. The van der Waals surface area contributed by atoms with Crippen molar-refractivity contribution in [3.05, 3.63) is 30.5 Å². The van der Waals surface area contributed by atoms with E-state index in [4.69, 9.17) is 4.42 Å². The zero-order valence-corrected chi connectivity index (χ0v) is 7.95. The topological polar surface area (TPSA) is 16.4 Å². The molecule has 0 spiro atoms. The van der Waals surface area contributed by atoms with Crippen molar-refractivity contribution in [2.75, 3.05) is 18.5 Å². The average molecular weight is 175 g/mol. The van der Waals surface area contributed by atoms with Gasteiger partial charge in [0.1, 0.15) is 11.8 Å². The number of hydrogen-bond donors (Lipinski definition) is 0. The maximum absolute atomic E-state index is 5.43. The molecular weight excluding hydrogens is 162 g/mol. The van der Waals surface area contributed by atoms with E-state index in [9.17, 15) is 0 Å². The predicted octanol–water partition coefficient (Wildman–Crippen LogP) is 2.89. The van der Waals surface area contributed by atoms with Crippen molar-refractivity contribution in [3.63, 3.8) is 0 Å². The molecule has 0 N–H and O–H groups in total. The molecule has 0 amide bonds. The highest BCUT2D eigenvalue weighted by Crippen LogP contribution is 2.27. The number of fused-ring (bicyclic) bond motifs is 1. The van der Waals surface area contributed by atoms with Crippen LogP contribution >= 0.6 is 0 Å². The van der Waals surface area contributed by atoms with Gasteiger partial charge in [0.05, 0.1) is 5.69 Å². The monoisotopic (exact) mass is 175 g/mol. The maximum atomic E-state index is 5.43. The summed E-state index contributed by atoms with van der Waals surface area (Å²) < 4.78 is 5.43. The lowest BCUT2D eigenvalue weighted by molar-refractivity contribution is 0.614. The number of benzene rings is 1. The molecule has 68 valence electrons. The Morgan fingerprint density at radius 2 is 2.08 bits per heavy atom. The van der Waals surface area contributed by atoms with Crippen LogP contribution in [0.2, 0.25) is 0 Å². The fraction of sp³-hybridized carbons (Fsp3) is 0.273. The lowest BCUT2D eigenvalue weighted by Gasteiger charge is -2.13. The first kappa shape index (κ1) is 8.17. The summed E-state index contributed by atoms with van der Waals surface area (Å²) in [6.45, 7) is 3.12. The van der Waals surface area contributed by atoms with Crippen molar-refractivity contribution in [2.24, 2.45) is 0 Å². The molecule has 1 heterocycles. The van der Waals surface area contributed by atoms with Crippen molar-refractivity contribution in [1.82, 2.24) is 0 Å². The highest BCUT2D eigenvalue weighted by molar-refractivity contribution is 5.90. The second-order valence-electron chi connectivity index (χ2n) is 3.13. The highest BCUT2D eigenvalue weighted by Gasteiger charge is 2.06. The molecule has 13 heavy (non-hydrogen) atoms. The van der Waals surface area contributed by atoms with Gasteiger partial charge in [-0.2, -0.15) is 0 Å². The average Bonchev–Trinajstić information content (AvgIpc) is 2.60. The molecule has 0 saturated heterocycles. The van der Waals surface area contributed by atoms with E-state index in [0.717, 1.165) is 17.8 Å². The summed E-state index contributed by atoms with van der Waals surface area (Å²) in [6.07, 6.45) is 1.81. The Labute approximate surface area is 77.8 Å². The summed E-state index contributed by atoms with van der Waals surface area (Å²) in [5.41, 5.74) is 2.12. The fourth-order valence-electron chi connectivity index (χ4n) is 1.43. The van der Waals surface area contributed by atoms with Gasteiger partial charge in [0.2, 0.25) is 0 Å². The van der Waals surface area contributed by atoms with E-state index < -0.39 is 0 Å². The number of furan rings is 1. The normalized spacial score (nSPS) is 10.6. The molecule has 1 aromatic heterocycles. The maximum Gasteiger partial charge on any atom is 0.136 e. The van der Waals surface area contributed by atoms with Gasteiger partial charge in [-0.3, -0.25) is 0 Å². The van der Waals surface area contributed by atoms with E-state index in [1.807, 2.05) is 24.5 Å². The van der Waals surface area contributed by atoms with Gasteiger partial charge in [0.15, 0.2) is 0 Å². The predicted molar refractivity (Wildman–Crippen MR) is 55.2 cm³/mol. The van der Waals surface area contributed by atoms with Gasteiger partial charge in [-0.25, -0.2) is 0 Å². The number of rotatable bonds is 2. The van der Waals surface area contributed by atoms with Crippen LogP contribution in [0, 0.1) is 0 Å². The Morgan fingerprint density at radius 3 is 2.85 bits per heavy atom. The van der Waals surface area contributed by atoms with Crippen molar-refractivity contribution < 1.29 is 4.42 Å². The molecular formula is C11H13NO. The SMILES string of the molecule is CCN(C)c1coc2ccccc12. The zero-order chi connectivity index (χ0) is 9.26. The molecule has 0 aliphatic heterocycles. The van der Waals surface area contributed by atoms with Gasteiger partial charge in [0.25, 0.3) is 0 Å². The van der Waals surface area contributed by atoms with Gasteiger partial charge in [-0.15, -0.1) is 0 Å². The first-order valence-corrected chi connectivity index (χ1v) is 4.50. The van der Waals surface area contributed by atoms with Crippen LogP contribution in [0.4, 0.5) is 5.69 Å². The van der Waals surface area contributed by atoms with Gasteiger partial charge < -0.3 is 9.32 Å². The zero-order valence-electron chi connectivity index (χ0n) is 7.95. The van der Waals surface area contributed by atoms with E-state index in [2.05, 4.69) is 24.9 Å². The van der Waals surface area contributed by atoms with Gasteiger partial charge in [-0.05, 0) is 19.1 Å². The minimum atomic E-state index is 0.956. The van der Waals surface area contributed by atoms with Crippen molar-refractivity contribution in [2.45, 2.75) is 6.92 Å². The molecule has 2 nitrogen and oxygen atoms in total. The third kappa shape index (κ3) is 1.28. The summed E-state index contributed by atoms with van der Waals surface area (Å²) in [4.78, 5) is 2.17. The van der Waals surface area contributed by atoms with Crippen LogP contribution in [0.15, 0.2) is 34.9 Å². The van der Waals surface area contributed by atoms with Crippen molar-refractivity contribution in [3.8, 4) is 0 Å². The van der Waals surface area contributed by atoms with Crippen molar-refractivity contribution >= 4 is 16.7 Å². The standard InChI is InChI=1S/C11H13NO/c1-3-12(2)10-8-13-11-7-5-4-6-9(10)11/h4-8H,3H2,1-2H3. The molecule has 0 fully saturated rings. The first-order valence-electron chi connectivity index (χ1n) is 4.50. The van der Waals surface area contributed by atoms with Crippen molar-refractivity contribution in [1.29, 1.82) is 0 Å². The molecule has 0 aliphatic carbocycles. The Kier molecular flexibility index (Phi) is 1.97. The smallest absolute Gasteiger partial charge is 0.136 e. The lowest BCUT2D eigenvalue weighted by Crippen LogP contribution is -2.14. The largest absolute Gasteiger partial charge is 0.462 e. The van der Waals surface area contributed by atoms with E-state index in [1.54, 1.807) is 0 Å². The number of nitrogens with zero attached hydrogens (tertiary/aromatic N) is 1. The van der Waals surface area contributed by atoms with Crippen LogP contribution in [0.5, 0.6) is 0 Å². The molecule has 0 atom stereocenters. The number of para-hydroxylation sites is 1. The van der Waals surface area contributed by atoms with E-state index in [1.165, 1.54) is 5.39 Å². The number of hydrogen-bond acceptors (Lipinski definition) is 2. The minimum absolute atomic E-state index is 0.956. The molecule has 2 rings (SSSR count). The van der Waals surface area contributed by atoms with Gasteiger partial charge >= 0.3 is 0 Å². The van der Waals surface area contributed by atoms with Crippen LogP contribution < -0.4 is 4.90 Å². The van der Waals surface area contributed by atoms with Gasteiger partial charge in [0, 0.05) is 19.0 Å². The van der Waals surface area contributed by atoms with Crippen LogP contribution in [0.1, 0.15) is 6.92 Å². The number of anilines is 1. The summed E-state index contributed by atoms with van der Waals surface area (Å²) in [5.74, 6) is 0. The van der Waals surface area contributed by atoms with Crippen LogP contribution in [0.3, 0.4) is 0 Å². The molecule has 2 heteroatoms. The van der Waals surface area contributed by atoms with Crippen LogP contribution in [0.25, 0.3) is 11.0 Å². The molecule has 0 bridgehead atoms. The molecule has 0 radical (unpaired) electrons. The molecule has 0 saturated carbocycles. The van der Waals surface area contributed by atoms with E-state index >= 15 is 0 Å². The first-order chi connectivity index (χ1) is 6.33. The quantitative estimate of drug-likeness (QED) is 0.697. The van der Waals surface area contributed by atoms with E-state index in [-0.39, 0.29) is 0 Å². The second kappa shape index (κ2) is 3.13. The summed E-state index contributed by atoms with van der Waals surface area (Å²) in [7, 11) is 2.07. The third-order valence-corrected chi connectivity index (χ3v) is 2.35. The van der Waals surface area contributed by atoms with Crippen LogP contribution in [-0.2, 0) is 0 Å². The minimum Gasteiger partial charge on any atom is -0.462 e. The highest BCUT2D eigenvalue weighted by atomic mass is 16.3. The molecule has 1 aromatic carbocycles.